The van der Waals surface area contributed by atoms with Crippen LogP contribution in [0.5, 0.6) is 0 Å². The molecule has 4 aromatic rings. The van der Waals surface area contributed by atoms with Crippen LogP contribution in [-0.2, 0) is 0 Å². The molecule has 0 unspecified atom stereocenters. The molecule has 24 heavy (non-hydrogen) atoms. The van der Waals surface area contributed by atoms with Gasteiger partial charge >= 0.3 is 0 Å². The molecule has 4 heteroatoms. The number of fused-ring (bicyclic) bond motifs is 2. The maximum Gasteiger partial charge on any atom is 0.111 e. The minimum Gasteiger partial charge on any atom is -0.389 e. The monoisotopic (exact) mass is 382 g/mol. The van der Waals surface area contributed by atoms with Crippen molar-refractivity contribution in [3.63, 3.8) is 0 Å². The molecule has 0 radical (unpaired) electrons. The second-order valence-electron chi connectivity index (χ2n) is 6.56. The van der Waals surface area contributed by atoms with Crippen molar-refractivity contribution in [3.05, 3.63) is 59.7 Å². The summed E-state index contributed by atoms with van der Waals surface area (Å²) >= 11 is 3.53. The Morgan fingerprint density at radius 1 is 0.750 bits per heavy atom. The van der Waals surface area contributed by atoms with Crippen LogP contribution in [0.15, 0.2) is 48.5 Å². The van der Waals surface area contributed by atoms with E-state index in [9.17, 15) is 15.3 Å². The molecule has 0 saturated heterocycles. The number of aliphatic hydroxyl groups is 3. The Balaban J connectivity index is 2.01. The van der Waals surface area contributed by atoms with E-state index in [0.29, 0.717) is 5.56 Å². The quantitative estimate of drug-likeness (QED) is 0.320. The van der Waals surface area contributed by atoms with Crippen molar-refractivity contribution in [1.82, 2.24) is 0 Å². The summed E-state index contributed by atoms with van der Waals surface area (Å²) in [6.45, 7) is 0. The lowest BCUT2D eigenvalue weighted by atomic mass is 9.80. The van der Waals surface area contributed by atoms with Gasteiger partial charge in [-0.25, -0.2) is 0 Å². The van der Waals surface area contributed by atoms with Crippen molar-refractivity contribution in [2.45, 2.75) is 23.1 Å². The van der Waals surface area contributed by atoms with Gasteiger partial charge in [0.1, 0.15) is 12.2 Å². The smallest absolute Gasteiger partial charge is 0.111 e. The Kier molecular flexibility index (Phi) is 2.98. The maximum absolute atomic E-state index is 10.5. The summed E-state index contributed by atoms with van der Waals surface area (Å²) in [6.07, 6.45) is -3.34. The van der Waals surface area contributed by atoms with E-state index in [-0.39, 0.29) is 0 Å². The van der Waals surface area contributed by atoms with Crippen molar-refractivity contribution < 1.29 is 15.3 Å². The highest BCUT2D eigenvalue weighted by molar-refractivity contribution is 9.09. The fourth-order valence-electron chi connectivity index (χ4n) is 4.12. The van der Waals surface area contributed by atoms with Crippen molar-refractivity contribution >= 4 is 48.2 Å². The van der Waals surface area contributed by atoms with Gasteiger partial charge in [0.05, 0.1) is 10.9 Å². The zero-order chi connectivity index (χ0) is 16.6. The minimum atomic E-state index is -1.20. The van der Waals surface area contributed by atoms with E-state index in [4.69, 9.17) is 0 Å². The third kappa shape index (κ3) is 1.72. The Bertz CT molecular complexity index is 1070. The summed E-state index contributed by atoms with van der Waals surface area (Å²) in [5.41, 5.74) is 1.55. The standard InChI is InChI=1S/C20H15BrO3/c21-17-16-12-7-6-10-3-1-2-9-4-5-11(15(12)14(9)10)8-13(16)18(22)20(24)19(17)23/h1-8,17-20,22-24H/t17-,18+,19+,20-/m0/s1. The highest BCUT2D eigenvalue weighted by Crippen LogP contribution is 2.48. The van der Waals surface area contributed by atoms with Crippen LogP contribution in [0.3, 0.4) is 0 Å². The summed E-state index contributed by atoms with van der Waals surface area (Å²) < 4.78 is 0. The number of rotatable bonds is 0. The largest absolute Gasteiger partial charge is 0.389 e. The molecule has 4 aromatic carbocycles. The number of halogens is 1. The predicted molar refractivity (Wildman–Crippen MR) is 98.8 cm³/mol. The molecule has 0 aliphatic heterocycles. The van der Waals surface area contributed by atoms with Crippen LogP contribution in [0.2, 0.25) is 0 Å². The molecule has 120 valence electrons. The maximum atomic E-state index is 10.5. The van der Waals surface area contributed by atoms with E-state index in [0.717, 1.165) is 21.7 Å². The topological polar surface area (TPSA) is 60.7 Å². The van der Waals surface area contributed by atoms with Gasteiger partial charge in [0.25, 0.3) is 0 Å². The van der Waals surface area contributed by atoms with Crippen LogP contribution in [0, 0.1) is 0 Å². The lowest BCUT2D eigenvalue weighted by Gasteiger charge is -2.35. The lowest BCUT2D eigenvalue weighted by Crippen LogP contribution is -2.39. The third-order valence-corrected chi connectivity index (χ3v) is 6.29. The number of benzene rings is 4. The summed E-state index contributed by atoms with van der Waals surface area (Å²) in [4.78, 5) is -0.421. The van der Waals surface area contributed by atoms with Crippen LogP contribution in [-0.4, -0.2) is 27.5 Å². The highest BCUT2D eigenvalue weighted by Gasteiger charge is 2.40. The zero-order valence-corrected chi connectivity index (χ0v) is 14.2. The van der Waals surface area contributed by atoms with E-state index in [2.05, 4.69) is 46.3 Å². The number of aliphatic hydroxyl groups excluding tert-OH is 3. The summed E-state index contributed by atoms with van der Waals surface area (Å²) in [5, 5.41) is 37.7. The highest BCUT2D eigenvalue weighted by atomic mass is 79.9. The van der Waals surface area contributed by atoms with Crippen molar-refractivity contribution in [2.75, 3.05) is 0 Å². The normalized spacial score (nSPS) is 27.2. The van der Waals surface area contributed by atoms with Crippen LogP contribution in [0.25, 0.3) is 32.3 Å². The van der Waals surface area contributed by atoms with Gasteiger partial charge in [0.15, 0.2) is 0 Å². The van der Waals surface area contributed by atoms with Gasteiger partial charge in [0, 0.05) is 0 Å². The van der Waals surface area contributed by atoms with Gasteiger partial charge in [-0.05, 0) is 49.5 Å². The Labute approximate surface area is 146 Å². The van der Waals surface area contributed by atoms with Crippen LogP contribution in [0.1, 0.15) is 22.1 Å². The molecule has 0 saturated carbocycles. The van der Waals surface area contributed by atoms with Crippen molar-refractivity contribution in [2.24, 2.45) is 0 Å². The Morgan fingerprint density at radius 2 is 1.42 bits per heavy atom. The van der Waals surface area contributed by atoms with Gasteiger partial charge in [0.2, 0.25) is 0 Å². The van der Waals surface area contributed by atoms with Gasteiger partial charge in [-0.3, -0.25) is 0 Å². The molecule has 5 rings (SSSR count). The molecule has 0 bridgehead atoms. The average molecular weight is 383 g/mol. The summed E-state index contributed by atoms with van der Waals surface area (Å²) in [6, 6.07) is 16.5. The SMILES string of the molecule is O[C@@H]1[C@H](O)[C@@H](Br)c2c(cc3ccc4cccc5ccc2c3c45)[C@H]1O. The molecule has 0 spiro atoms. The molecule has 3 nitrogen and oxygen atoms in total. The molecule has 0 fully saturated rings. The zero-order valence-electron chi connectivity index (χ0n) is 12.6. The van der Waals surface area contributed by atoms with Crippen LogP contribution >= 0.6 is 15.9 Å². The number of hydrogen-bond acceptors (Lipinski definition) is 3. The minimum absolute atomic E-state index is 0.421. The van der Waals surface area contributed by atoms with E-state index in [1.54, 1.807) is 0 Å². The summed E-state index contributed by atoms with van der Waals surface area (Å²) in [7, 11) is 0. The first-order valence-electron chi connectivity index (χ1n) is 7.96. The fourth-order valence-corrected chi connectivity index (χ4v) is 4.95. The molecule has 0 amide bonds. The molecule has 0 heterocycles. The third-order valence-electron chi connectivity index (χ3n) is 5.29. The Hall–Kier alpha value is -1.72. The molecular weight excluding hydrogens is 368 g/mol. The molecule has 3 N–H and O–H groups in total. The van der Waals surface area contributed by atoms with E-state index in [1.807, 2.05) is 18.2 Å². The fraction of sp³-hybridized carbons (Fsp3) is 0.200. The first-order valence-corrected chi connectivity index (χ1v) is 8.88. The van der Waals surface area contributed by atoms with E-state index < -0.39 is 23.1 Å². The molecule has 0 aromatic heterocycles. The van der Waals surface area contributed by atoms with Gasteiger partial charge in [-0.15, -0.1) is 0 Å². The predicted octanol–water partition coefficient (Wildman–Crippen LogP) is 3.79. The second kappa shape index (κ2) is 4.90. The van der Waals surface area contributed by atoms with Crippen molar-refractivity contribution in [1.29, 1.82) is 0 Å². The first-order chi connectivity index (χ1) is 11.6. The average Bonchev–Trinajstić information content (AvgIpc) is 2.62. The second-order valence-corrected chi connectivity index (χ2v) is 7.55. The molecular formula is C20H15BrO3. The lowest BCUT2D eigenvalue weighted by molar-refractivity contribution is -0.0687. The van der Waals surface area contributed by atoms with Crippen LogP contribution in [0.4, 0.5) is 0 Å². The van der Waals surface area contributed by atoms with Gasteiger partial charge < -0.3 is 15.3 Å². The Morgan fingerprint density at radius 3 is 2.17 bits per heavy atom. The summed E-state index contributed by atoms with van der Waals surface area (Å²) in [5.74, 6) is 0. The molecule has 4 atom stereocenters. The van der Waals surface area contributed by atoms with E-state index in [1.165, 1.54) is 16.2 Å². The van der Waals surface area contributed by atoms with Crippen molar-refractivity contribution in [3.8, 4) is 0 Å². The van der Waals surface area contributed by atoms with Gasteiger partial charge in [-0.2, -0.15) is 0 Å². The number of hydrogen-bond donors (Lipinski definition) is 3. The van der Waals surface area contributed by atoms with Crippen LogP contribution < -0.4 is 0 Å². The van der Waals surface area contributed by atoms with Gasteiger partial charge in [-0.1, -0.05) is 58.4 Å². The molecule has 1 aliphatic rings. The molecule has 1 aliphatic carbocycles. The number of alkyl halides is 1. The van der Waals surface area contributed by atoms with E-state index >= 15 is 0 Å². The first kappa shape index (κ1) is 14.6.